The zero-order chi connectivity index (χ0) is 14.6. The summed E-state index contributed by atoms with van der Waals surface area (Å²) in [6, 6.07) is 3.18. The van der Waals surface area contributed by atoms with E-state index in [9.17, 15) is 18.3 Å². The summed E-state index contributed by atoms with van der Waals surface area (Å²) in [5, 5.41) is 13.7. The van der Waals surface area contributed by atoms with E-state index in [1.165, 1.54) is 6.07 Å². The second kappa shape index (κ2) is 6.21. The number of nitrogens with one attached hydrogen (secondary N) is 2. The Morgan fingerprint density at radius 1 is 1.45 bits per heavy atom. The van der Waals surface area contributed by atoms with Crippen molar-refractivity contribution in [2.45, 2.75) is 35.4 Å². The molecule has 20 heavy (non-hydrogen) atoms. The van der Waals surface area contributed by atoms with Gasteiger partial charge in [-0.15, -0.1) is 11.3 Å². The number of aliphatic hydroxyl groups is 1. The van der Waals surface area contributed by atoms with Gasteiger partial charge in [-0.1, -0.05) is 6.07 Å². The van der Waals surface area contributed by atoms with Gasteiger partial charge in [0, 0.05) is 13.0 Å². The molecule has 1 fully saturated rings. The molecule has 3 N–H and O–H groups in total. The van der Waals surface area contributed by atoms with E-state index in [-0.39, 0.29) is 29.7 Å². The predicted molar refractivity (Wildman–Crippen MR) is 75.9 cm³/mol. The SMILES string of the molecule is O=C(CCNS(=O)(=O)c1cccs1)NC1(CO)CCC1. The van der Waals surface area contributed by atoms with E-state index in [2.05, 4.69) is 10.0 Å². The molecule has 0 aliphatic heterocycles. The molecule has 0 bridgehead atoms. The highest BCUT2D eigenvalue weighted by Gasteiger charge is 2.37. The standard InChI is InChI=1S/C12H18N2O4S2/c15-9-12(5-2-6-12)14-10(16)4-7-13-20(17,18)11-3-1-8-19-11/h1,3,8,13,15H,2,4-7,9H2,(H,14,16). The Kier molecular flexibility index (Phi) is 4.79. The molecule has 8 heteroatoms. The quantitative estimate of drug-likeness (QED) is 0.680. The molecule has 2 rings (SSSR count). The summed E-state index contributed by atoms with van der Waals surface area (Å²) in [5.41, 5.74) is -0.482. The fourth-order valence-corrected chi connectivity index (χ4v) is 4.14. The zero-order valence-corrected chi connectivity index (χ0v) is 12.6. The molecule has 0 radical (unpaired) electrons. The van der Waals surface area contributed by atoms with Crippen LogP contribution < -0.4 is 10.0 Å². The van der Waals surface area contributed by atoms with Crippen LogP contribution in [0.25, 0.3) is 0 Å². The third-order valence-electron chi connectivity index (χ3n) is 3.42. The maximum atomic E-state index is 11.8. The molecule has 0 spiro atoms. The van der Waals surface area contributed by atoms with Gasteiger partial charge in [-0.05, 0) is 30.7 Å². The Labute approximate surface area is 122 Å². The predicted octanol–water partition coefficient (Wildman–Crippen LogP) is 0.448. The van der Waals surface area contributed by atoms with Gasteiger partial charge in [0.2, 0.25) is 15.9 Å². The lowest BCUT2D eigenvalue weighted by atomic mass is 9.77. The van der Waals surface area contributed by atoms with Crippen LogP contribution in [0, 0.1) is 0 Å². The summed E-state index contributed by atoms with van der Waals surface area (Å²) in [4.78, 5) is 11.7. The van der Waals surface area contributed by atoms with Gasteiger partial charge in [0.15, 0.2) is 0 Å². The van der Waals surface area contributed by atoms with Gasteiger partial charge < -0.3 is 10.4 Å². The van der Waals surface area contributed by atoms with E-state index in [1.807, 2.05) is 0 Å². The third kappa shape index (κ3) is 3.57. The number of amides is 1. The molecular weight excluding hydrogens is 300 g/mol. The first-order valence-electron chi connectivity index (χ1n) is 6.42. The van der Waals surface area contributed by atoms with Crippen LogP contribution in [0.15, 0.2) is 21.7 Å². The van der Waals surface area contributed by atoms with E-state index in [4.69, 9.17) is 0 Å². The molecule has 6 nitrogen and oxygen atoms in total. The third-order valence-corrected chi connectivity index (χ3v) is 6.28. The molecule has 0 atom stereocenters. The minimum absolute atomic E-state index is 0.0492. The molecule has 1 aliphatic rings. The lowest BCUT2D eigenvalue weighted by molar-refractivity contribution is -0.124. The largest absolute Gasteiger partial charge is 0.394 e. The Morgan fingerprint density at radius 2 is 2.20 bits per heavy atom. The van der Waals surface area contributed by atoms with Gasteiger partial charge >= 0.3 is 0 Å². The summed E-state index contributed by atoms with van der Waals surface area (Å²) < 4.78 is 26.3. The lowest BCUT2D eigenvalue weighted by Crippen LogP contribution is -2.56. The smallest absolute Gasteiger partial charge is 0.250 e. The average molecular weight is 318 g/mol. The number of aliphatic hydroxyl groups excluding tert-OH is 1. The highest BCUT2D eigenvalue weighted by Crippen LogP contribution is 2.31. The van der Waals surface area contributed by atoms with Crippen LogP contribution >= 0.6 is 11.3 Å². The number of hydrogen-bond acceptors (Lipinski definition) is 5. The molecule has 1 aromatic rings. The van der Waals surface area contributed by atoms with Crippen LogP contribution in [0.1, 0.15) is 25.7 Å². The lowest BCUT2D eigenvalue weighted by Gasteiger charge is -2.41. The molecule has 0 unspecified atom stereocenters. The van der Waals surface area contributed by atoms with Crippen molar-refractivity contribution >= 4 is 27.3 Å². The second-order valence-corrected chi connectivity index (χ2v) is 7.86. The fraction of sp³-hybridized carbons (Fsp3) is 0.583. The second-order valence-electron chi connectivity index (χ2n) is 4.92. The normalized spacial score (nSPS) is 17.4. The van der Waals surface area contributed by atoms with Crippen LogP contribution in [-0.4, -0.2) is 38.1 Å². The summed E-state index contributed by atoms with van der Waals surface area (Å²) in [7, 11) is -3.51. The Hall–Kier alpha value is -0.960. The van der Waals surface area contributed by atoms with E-state index < -0.39 is 15.6 Å². The number of sulfonamides is 1. The molecule has 1 aliphatic carbocycles. The Morgan fingerprint density at radius 3 is 2.70 bits per heavy atom. The van der Waals surface area contributed by atoms with Gasteiger partial charge in [-0.2, -0.15) is 0 Å². The van der Waals surface area contributed by atoms with Crippen LogP contribution in [0.4, 0.5) is 0 Å². The minimum atomic E-state index is -3.51. The molecule has 0 aromatic carbocycles. The molecule has 0 saturated heterocycles. The van der Waals surface area contributed by atoms with Gasteiger partial charge in [0.05, 0.1) is 12.1 Å². The monoisotopic (exact) mass is 318 g/mol. The van der Waals surface area contributed by atoms with Gasteiger partial charge in [-0.25, -0.2) is 13.1 Å². The average Bonchev–Trinajstić information content (AvgIpc) is 2.88. The molecule has 112 valence electrons. The molecule has 1 aromatic heterocycles. The van der Waals surface area contributed by atoms with Crippen LogP contribution in [-0.2, 0) is 14.8 Å². The highest BCUT2D eigenvalue weighted by atomic mass is 32.2. The van der Waals surface area contributed by atoms with E-state index >= 15 is 0 Å². The van der Waals surface area contributed by atoms with Crippen molar-refractivity contribution in [3.8, 4) is 0 Å². The number of thiophene rings is 1. The molecule has 1 heterocycles. The van der Waals surface area contributed by atoms with Crippen LogP contribution in [0.2, 0.25) is 0 Å². The number of carbonyl (C=O) groups is 1. The maximum Gasteiger partial charge on any atom is 0.250 e. The first-order valence-corrected chi connectivity index (χ1v) is 8.79. The van der Waals surface area contributed by atoms with Gasteiger partial charge in [-0.3, -0.25) is 4.79 Å². The summed E-state index contributed by atoms with van der Waals surface area (Å²) in [5.74, 6) is -0.243. The molecular formula is C12H18N2O4S2. The van der Waals surface area contributed by atoms with E-state index in [0.29, 0.717) is 0 Å². The maximum absolute atomic E-state index is 11.8. The van der Waals surface area contributed by atoms with Gasteiger partial charge in [0.25, 0.3) is 0 Å². The van der Waals surface area contributed by atoms with Gasteiger partial charge in [0.1, 0.15) is 4.21 Å². The fourth-order valence-electron chi connectivity index (χ4n) is 2.07. The van der Waals surface area contributed by atoms with Crippen molar-refractivity contribution in [1.82, 2.24) is 10.0 Å². The molecule has 1 saturated carbocycles. The van der Waals surface area contributed by atoms with Crippen LogP contribution in [0.3, 0.4) is 0 Å². The number of carbonyl (C=O) groups excluding carboxylic acids is 1. The highest BCUT2D eigenvalue weighted by molar-refractivity contribution is 7.91. The van der Waals surface area contributed by atoms with Crippen molar-refractivity contribution in [1.29, 1.82) is 0 Å². The van der Waals surface area contributed by atoms with E-state index in [1.54, 1.807) is 11.4 Å². The summed E-state index contributed by atoms with van der Waals surface area (Å²) >= 11 is 1.13. The molecule has 1 amide bonds. The summed E-state index contributed by atoms with van der Waals surface area (Å²) in [6.45, 7) is -0.0206. The van der Waals surface area contributed by atoms with Crippen molar-refractivity contribution in [3.63, 3.8) is 0 Å². The topological polar surface area (TPSA) is 95.5 Å². The summed E-state index contributed by atoms with van der Waals surface area (Å²) in [6.07, 6.45) is 2.60. The number of rotatable bonds is 7. The zero-order valence-electron chi connectivity index (χ0n) is 11.0. The van der Waals surface area contributed by atoms with E-state index in [0.717, 1.165) is 30.6 Å². The van der Waals surface area contributed by atoms with Crippen molar-refractivity contribution in [2.75, 3.05) is 13.2 Å². The Bertz CT molecular complexity index is 545. The first-order chi connectivity index (χ1) is 9.47. The Balaban J connectivity index is 1.77. The van der Waals surface area contributed by atoms with Crippen molar-refractivity contribution in [3.05, 3.63) is 17.5 Å². The van der Waals surface area contributed by atoms with Crippen molar-refractivity contribution < 1.29 is 18.3 Å². The minimum Gasteiger partial charge on any atom is -0.394 e. The first kappa shape index (κ1) is 15.4. The van der Waals surface area contributed by atoms with Crippen LogP contribution in [0.5, 0.6) is 0 Å². The number of hydrogen-bond donors (Lipinski definition) is 3. The van der Waals surface area contributed by atoms with Crippen molar-refractivity contribution in [2.24, 2.45) is 0 Å².